The van der Waals surface area contributed by atoms with E-state index in [2.05, 4.69) is 104 Å². The molecule has 2 unspecified atom stereocenters. The molecule has 10 heteroatoms. The predicted octanol–water partition coefficient (Wildman–Crippen LogP) is 13.7. The van der Waals surface area contributed by atoms with E-state index in [0.717, 1.165) is 96.8 Å². The number of nitrogens with zero attached hydrogens (tertiary/aromatic N) is 1. The summed E-state index contributed by atoms with van der Waals surface area (Å²) in [7, 11) is -2.05. The van der Waals surface area contributed by atoms with Crippen molar-refractivity contribution in [3.8, 4) is 0 Å². The second-order valence-corrected chi connectivity index (χ2v) is 29.9. The molecule has 0 bridgehead atoms. The van der Waals surface area contributed by atoms with Crippen molar-refractivity contribution in [3.05, 3.63) is 24.3 Å². The maximum Gasteiger partial charge on any atom is 0.306 e. The fourth-order valence-electron chi connectivity index (χ4n) is 6.69. The predicted molar refractivity (Wildman–Crippen MR) is 263 cm³/mol. The molecular weight excluding hydrogens is 781 g/mol. The highest BCUT2D eigenvalue weighted by Crippen LogP contribution is 2.39. The Hall–Kier alpha value is -1.31. The van der Waals surface area contributed by atoms with Crippen molar-refractivity contribution in [3.63, 3.8) is 0 Å². The summed E-state index contributed by atoms with van der Waals surface area (Å²) in [5, 5.41) is 3.58. The molecule has 0 aromatic carbocycles. The van der Waals surface area contributed by atoms with Crippen LogP contribution in [0.5, 0.6) is 0 Å². The minimum absolute atomic E-state index is 0.0978. The molecule has 0 aliphatic rings. The highest BCUT2D eigenvalue weighted by molar-refractivity contribution is 6.74. The molecule has 8 nitrogen and oxygen atoms in total. The summed E-state index contributed by atoms with van der Waals surface area (Å²) in [6.45, 7) is 32.3. The number of allylic oxidation sites excluding steroid dienone is 2. The number of nitrogens with one attached hydrogen (secondary N) is 1. The van der Waals surface area contributed by atoms with E-state index in [1.54, 1.807) is 0 Å². The van der Waals surface area contributed by atoms with E-state index in [1.165, 1.54) is 51.4 Å². The van der Waals surface area contributed by atoms with Gasteiger partial charge in [-0.15, -0.1) is 0 Å². The monoisotopic (exact) mass is 881 g/mol. The van der Waals surface area contributed by atoms with Crippen LogP contribution < -0.4 is 5.32 Å². The highest BCUT2D eigenvalue weighted by atomic mass is 28.4. The Labute approximate surface area is 374 Å². The van der Waals surface area contributed by atoms with E-state index < -0.39 is 16.6 Å². The van der Waals surface area contributed by atoms with Crippen LogP contribution in [-0.4, -0.2) is 92.1 Å². The molecule has 1 N–H and O–H groups in total. The fraction of sp³-hybridized carbons (Fsp3) is 0.880. The Morgan fingerprint density at radius 1 is 0.567 bits per heavy atom. The van der Waals surface area contributed by atoms with Crippen LogP contribution in [0.2, 0.25) is 36.3 Å². The summed E-state index contributed by atoms with van der Waals surface area (Å²) in [4.78, 5) is 27.5. The molecule has 60 heavy (non-hydrogen) atoms. The quantitative estimate of drug-likeness (QED) is 0.0284. The first-order valence-electron chi connectivity index (χ1n) is 24.6. The van der Waals surface area contributed by atoms with Crippen molar-refractivity contribution in [2.75, 3.05) is 46.4 Å². The van der Waals surface area contributed by atoms with Gasteiger partial charge in [0.1, 0.15) is 13.2 Å². The van der Waals surface area contributed by atoms with Gasteiger partial charge in [-0.25, -0.2) is 0 Å². The zero-order chi connectivity index (χ0) is 45.3. The number of ether oxygens (including phenoxy) is 2. The largest absolute Gasteiger partial charge is 0.461 e. The smallest absolute Gasteiger partial charge is 0.306 e. The number of unbranched alkanes of at least 4 members (excludes halogenated alkanes) is 12. The van der Waals surface area contributed by atoms with Crippen LogP contribution in [0, 0.1) is 0 Å². The first kappa shape index (κ1) is 58.7. The second kappa shape index (κ2) is 34.1. The van der Waals surface area contributed by atoms with E-state index in [-0.39, 0.29) is 34.2 Å². The lowest BCUT2D eigenvalue weighted by Crippen LogP contribution is -2.50. The number of carbonyl (C=O) groups excluding carboxylic acids is 2. The van der Waals surface area contributed by atoms with E-state index >= 15 is 0 Å². The lowest BCUT2D eigenvalue weighted by molar-refractivity contribution is -0.143. The first-order valence-corrected chi connectivity index (χ1v) is 30.4. The molecule has 0 rings (SSSR count). The molecule has 0 fully saturated rings. The van der Waals surface area contributed by atoms with Crippen molar-refractivity contribution >= 4 is 28.6 Å². The van der Waals surface area contributed by atoms with Crippen LogP contribution in [0.15, 0.2) is 24.3 Å². The number of esters is 2. The summed E-state index contributed by atoms with van der Waals surface area (Å²) in [5.74, 6) is -0.196. The lowest BCUT2D eigenvalue weighted by Gasteiger charge is -2.42. The van der Waals surface area contributed by atoms with Gasteiger partial charge in [-0.2, -0.15) is 0 Å². The summed E-state index contributed by atoms with van der Waals surface area (Å²) < 4.78 is 25.4. The zero-order valence-electron chi connectivity index (χ0n) is 42.0. The minimum Gasteiger partial charge on any atom is -0.461 e. The molecule has 354 valence electrons. The molecule has 0 spiro atoms. The molecule has 2 atom stereocenters. The maximum absolute atomic E-state index is 12.5. The van der Waals surface area contributed by atoms with Gasteiger partial charge >= 0.3 is 11.9 Å². The second-order valence-electron chi connectivity index (χ2n) is 20.4. The number of hydrogen-bond acceptors (Lipinski definition) is 8. The number of hydrogen-bond donors (Lipinski definition) is 1. The van der Waals surface area contributed by atoms with Gasteiger partial charge in [0.25, 0.3) is 0 Å². The van der Waals surface area contributed by atoms with Crippen LogP contribution in [0.1, 0.15) is 190 Å². The van der Waals surface area contributed by atoms with Crippen molar-refractivity contribution < 1.29 is 27.9 Å². The minimum atomic E-state index is -2.04. The van der Waals surface area contributed by atoms with Gasteiger partial charge in [0, 0.05) is 25.9 Å². The molecule has 0 aromatic heterocycles. The maximum atomic E-state index is 12.5. The van der Waals surface area contributed by atoms with E-state index in [1.807, 2.05) is 19.2 Å². The van der Waals surface area contributed by atoms with E-state index in [9.17, 15) is 9.59 Å². The zero-order valence-corrected chi connectivity index (χ0v) is 44.0. The molecule has 0 heterocycles. The Morgan fingerprint density at radius 2 is 0.967 bits per heavy atom. The standard InChI is InChI=1S/C50H100N2O6Si2/c1-14-16-18-20-22-24-32-41-55-47(53)37-30-26-28-35-45(57-59(10,11)49(3,4)5)43-52(40-34-39-51-9)44-46(58-60(12,13)50(6,7)8)36-29-27-31-38-48(54)56-42-33-25-23-21-19-17-15-2/h24-25,32-33,45-46,51H,14-23,26-31,34-44H2,1-13H3/b32-24-,33-25-. The molecule has 0 saturated heterocycles. The number of rotatable bonds is 38. The summed E-state index contributed by atoms with van der Waals surface area (Å²) in [6, 6.07) is 0. The fourth-order valence-corrected chi connectivity index (χ4v) is 9.45. The molecule has 0 saturated carbocycles. The van der Waals surface area contributed by atoms with Crippen LogP contribution in [-0.2, 0) is 27.9 Å². The third-order valence-corrected chi connectivity index (χ3v) is 21.7. The van der Waals surface area contributed by atoms with Crippen LogP contribution in [0.3, 0.4) is 0 Å². The first-order chi connectivity index (χ1) is 28.3. The van der Waals surface area contributed by atoms with Gasteiger partial charge in [-0.3, -0.25) is 14.5 Å². The Balaban J connectivity index is 5.57. The Kier molecular flexibility index (Phi) is 33.4. The van der Waals surface area contributed by atoms with Gasteiger partial charge in [0.05, 0.1) is 12.2 Å². The average molecular weight is 882 g/mol. The van der Waals surface area contributed by atoms with Crippen molar-refractivity contribution in [1.29, 1.82) is 0 Å². The van der Waals surface area contributed by atoms with Gasteiger partial charge in [0.15, 0.2) is 16.6 Å². The lowest BCUT2D eigenvalue weighted by atomic mass is 10.1. The molecule has 0 aromatic rings. The summed E-state index contributed by atoms with van der Waals surface area (Å²) in [6.07, 6.45) is 30.3. The van der Waals surface area contributed by atoms with Crippen LogP contribution in [0.4, 0.5) is 0 Å². The summed E-state index contributed by atoms with van der Waals surface area (Å²) >= 11 is 0. The Bertz CT molecular complexity index is 1050. The normalized spacial score (nSPS) is 14.1. The number of carbonyl (C=O) groups is 2. The van der Waals surface area contributed by atoms with Gasteiger partial charge in [0.2, 0.25) is 0 Å². The van der Waals surface area contributed by atoms with E-state index in [0.29, 0.717) is 26.1 Å². The third kappa shape index (κ3) is 30.7. The van der Waals surface area contributed by atoms with E-state index in [4.69, 9.17) is 18.3 Å². The van der Waals surface area contributed by atoms with Crippen molar-refractivity contribution in [2.45, 2.75) is 239 Å². The van der Waals surface area contributed by atoms with Crippen molar-refractivity contribution in [1.82, 2.24) is 10.2 Å². The topological polar surface area (TPSA) is 86.3 Å². The Morgan fingerprint density at radius 3 is 1.33 bits per heavy atom. The van der Waals surface area contributed by atoms with Gasteiger partial charge in [-0.1, -0.05) is 144 Å². The van der Waals surface area contributed by atoms with Gasteiger partial charge < -0.3 is 23.6 Å². The van der Waals surface area contributed by atoms with Crippen molar-refractivity contribution in [2.24, 2.45) is 0 Å². The van der Waals surface area contributed by atoms with Crippen LogP contribution >= 0.6 is 0 Å². The molecule has 0 aliphatic heterocycles. The molecule has 0 aliphatic carbocycles. The molecule has 0 amide bonds. The van der Waals surface area contributed by atoms with Crippen LogP contribution in [0.25, 0.3) is 0 Å². The molecular formula is C50H100N2O6Si2. The SMILES string of the molecule is CCCCCC/C=C\COC(=O)CCCCCC(CN(CCCNC)CC(CCCCCC(=O)OC/C=C\CCCCCC)O[Si](C)(C)C(C)(C)C)O[Si](C)(C)C(C)(C)C. The third-order valence-electron chi connectivity index (χ3n) is 12.6. The average Bonchev–Trinajstić information content (AvgIpc) is 3.15. The summed E-state index contributed by atoms with van der Waals surface area (Å²) in [5.41, 5.74) is 0. The highest BCUT2D eigenvalue weighted by Gasteiger charge is 2.41. The molecule has 0 radical (unpaired) electrons. The van der Waals surface area contributed by atoms with Gasteiger partial charge in [-0.05, 0) is 114 Å².